The zero-order valence-electron chi connectivity index (χ0n) is 12.9. The molecule has 0 radical (unpaired) electrons. The summed E-state index contributed by atoms with van der Waals surface area (Å²) in [5, 5.41) is 10.2. The van der Waals surface area contributed by atoms with E-state index < -0.39 is 6.10 Å². The quantitative estimate of drug-likeness (QED) is 0.733. The molecule has 0 aliphatic rings. The van der Waals surface area contributed by atoms with Gasteiger partial charge < -0.3 is 9.84 Å². The number of aromatic nitrogens is 2. The van der Waals surface area contributed by atoms with Gasteiger partial charge in [0.15, 0.2) is 11.0 Å². The number of nitrogens with zero attached hydrogens (tertiary/aromatic N) is 2. The Kier molecular flexibility index (Phi) is 4.11. The van der Waals surface area contributed by atoms with E-state index in [1.807, 2.05) is 56.7 Å². The second-order valence-electron chi connectivity index (χ2n) is 5.65. The van der Waals surface area contributed by atoms with Gasteiger partial charge in [-0.25, -0.2) is 9.13 Å². The zero-order chi connectivity index (χ0) is 15.5. The molecule has 0 saturated heterocycles. The molecule has 0 saturated carbocycles. The molecule has 1 unspecified atom stereocenters. The van der Waals surface area contributed by atoms with Crippen molar-refractivity contribution in [3.63, 3.8) is 0 Å². The number of hydrogen-bond acceptors (Lipinski definition) is 2. The first-order chi connectivity index (χ1) is 10.6. The molecule has 3 rings (SSSR count). The van der Waals surface area contributed by atoms with Crippen LogP contribution in [0.2, 0.25) is 0 Å². The zero-order valence-corrected chi connectivity index (χ0v) is 12.9. The lowest BCUT2D eigenvalue weighted by molar-refractivity contribution is -0.645. The molecule has 0 spiro atoms. The monoisotopic (exact) mass is 297 g/mol. The predicted molar refractivity (Wildman–Crippen MR) is 85.8 cm³/mol. The normalized spacial score (nSPS) is 12.5. The summed E-state index contributed by atoms with van der Waals surface area (Å²) in [4.78, 5) is 0. The molecular weight excluding hydrogens is 276 g/mol. The van der Waals surface area contributed by atoms with E-state index >= 15 is 0 Å². The van der Waals surface area contributed by atoms with Crippen LogP contribution in [0.1, 0.15) is 5.56 Å². The fraction of sp³-hybridized carbons (Fsp3) is 0.278. The number of para-hydroxylation sites is 2. The maximum Gasteiger partial charge on any atom is 0.244 e. The smallest absolute Gasteiger partial charge is 0.244 e. The maximum atomic E-state index is 10.2. The van der Waals surface area contributed by atoms with Crippen LogP contribution in [0.5, 0.6) is 5.75 Å². The van der Waals surface area contributed by atoms with Gasteiger partial charge in [0.25, 0.3) is 0 Å². The minimum atomic E-state index is -0.558. The summed E-state index contributed by atoms with van der Waals surface area (Å²) >= 11 is 0. The molecule has 1 atom stereocenters. The van der Waals surface area contributed by atoms with Crippen molar-refractivity contribution in [3.05, 3.63) is 60.4 Å². The third-order valence-corrected chi connectivity index (χ3v) is 3.75. The summed E-state index contributed by atoms with van der Waals surface area (Å²) in [5.74, 6) is 0.785. The Bertz CT molecular complexity index is 762. The van der Waals surface area contributed by atoms with Crippen LogP contribution in [-0.4, -0.2) is 22.4 Å². The highest BCUT2D eigenvalue weighted by atomic mass is 16.5. The minimum Gasteiger partial charge on any atom is -0.491 e. The van der Waals surface area contributed by atoms with Crippen molar-refractivity contribution in [2.75, 3.05) is 6.61 Å². The molecule has 1 N–H and O–H groups in total. The summed E-state index contributed by atoms with van der Waals surface area (Å²) in [5.41, 5.74) is 3.45. The van der Waals surface area contributed by atoms with Gasteiger partial charge in [-0.3, -0.25) is 0 Å². The maximum absolute atomic E-state index is 10.2. The number of rotatable bonds is 5. The number of ether oxygens (including phenoxy) is 1. The number of fused-ring (bicyclic) bond motifs is 1. The Morgan fingerprint density at radius 2 is 1.86 bits per heavy atom. The molecule has 114 valence electrons. The average molecular weight is 297 g/mol. The van der Waals surface area contributed by atoms with Crippen molar-refractivity contribution < 1.29 is 14.4 Å². The molecule has 2 aromatic carbocycles. The third kappa shape index (κ3) is 3.12. The minimum absolute atomic E-state index is 0.277. The van der Waals surface area contributed by atoms with Gasteiger partial charge in [0.1, 0.15) is 25.0 Å². The Morgan fingerprint density at radius 3 is 2.64 bits per heavy atom. The summed E-state index contributed by atoms with van der Waals surface area (Å²) in [6.45, 7) is 2.82. The molecule has 1 aromatic heterocycles. The van der Waals surface area contributed by atoms with Crippen molar-refractivity contribution in [2.24, 2.45) is 7.05 Å². The van der Waals surface area contributed by atoms with Gasteiger partial charge in [0.05, 0.1) is 7.05 Å². The first kappa shape index (κ1) is 14.6. The van der Waals surface area contributed by atoms with Crippen molar-refractivity contribution in [1.29, 1.82) is 0 Å². The Morgan fingerprint density at radius 1 is 1.14 bits per heavy atom. The van der Waals surface area contributed by atoms with E-state index in [0.29, 0.717) is 6.54 Å². The van der Waals surface area contributed by atoms with Gasteiger partial charge in [-0.15, -0.1) is 0 Å². The molecule has 4 heteroatoms. The first-order valence-electron chi connectivity index (χ1n) is 7.44. The highest BCUT2D eigenvalue weighted by molar-refractivity contribution is 5.71. The van der Waals surface area contributed by atoms with E-state index in [0.717, 1.165) is 16.8 Å². The molecule has 4 nitrogen and oxygen atoms in total. The largest absolute Gasteiger partial charge is 0.491 e. The van der Waals surface area contributed by atoms with Crippen molar-refractivity contribution in [3.8, 4) is 5.75 Å². The van der Waals surface area contributed by atoms with E-state index in [1.165, 1.54) is 5.56 Å². The highest BCUT2D eigenvalue weighted by Gasteiger charge is 2.16. The molecule has 0 bridgehead atoms. The van der Waals surface area contributed by atoms with Crippen LogP contribution >= 0.6 is 0 Å². The van der Waals surface area contributed by atoms with E-state index in [4.69, 9.17) is 4.74 Å². The van der Waals surface area contributed by atoms with Crippen LogP contribution in [0.3, 0.4) is 0 Å². The number of aliphatic hydroxyl groups excluding tert-OH is 1. The Labute approximate surface area is 130 Å². The molecule has 22 heavy (non-hydrogen) atoms. The van der Waals surface area contributed by atoms with Crippen LogP contribution in [0.4, 0.5) is 0 Å². The average Bonchev–Trinajstić information content (AvgIpc) is 2.83. The van der Waals surface area contributed by atoms with Crippen molar-refractivity contribution in [2.45, 2.75) is 19.6 Å². The summed E-state index contributed by atoms with van der Waals surface area (Å²) in [6, 6.07) is 16.0. The van der Waals surface area contributed by atoms with E-state index in [1.54, 1.807) is 0 Å². The van der Waals surface area contributed by atoms with Crippen molar-refractivity contribution >= 4 is 11.0 Å². The Balaban J connectivity index is 1.65. The SMILES string of the molecule is Cc1ccc(OCC(O)Cn2c[n+](C)c3ccccc32)cc1. The van der Waals surface area contributed by atoms with Gasteiger partial charge in [-0.2, -0.15) is 0 Å². The predicted octanol–water partition coefficient (Wildman–Crippen LogP) is 2.21. The van der Waals surface area contributed by atoms with Gasteiger partial charge in [-0.1, -0.05) is 29.8 Å². The lowest BCUT2D eigenvalue weighted by Crippen LogP contribution is -2.27. The number of hydrogen-bond donors (Lipinski definition) is 1. The number of aryl methyl sites for hydroxylation is 2. The lowest BCUT2D eigenvalue weighted by Gasteiger charge is -2.11. The van der Waals surface area contributed by atoms with Gasteiger partial charge >= 0.3 is 0 Å². The van der Waals surface area contributed by atoms with E-state index in [-0.39, 0.29) is 6.61 Å². The van der Waals surface area contributed by atoms with Crippen molar-refractivity contribution in [1.82, 2.24) is 4.57 Å². The summed E-state index contributed by atoms with van der Waals surface area (Å²) in [6.07, 6.45) is 1.44. The summed E-state index contributed by atoms with van der Waals surface area (Å²) in [7, 11) is 2.01. The molecule has 1 heterocycles. The topological polar surface area (TPSA) is 38.3 Å². The standard InChI is InChI=1S/C18H21N2O2/c1-14-7-9-16(10-8-14)22-12-15(21)11-20-13-19(2)17-5-3-4-6-18(17)20/h3-10,13,15,21H,11-12H2,1-2H3/q+1. The number of benzene rings is 2. The molecule has 3 aromatic rings. The van der Waals surface area contributed by atoms with Crippen LogP contribution in [0.25, 0.3) is 11.0 Å². The Hall–Kier alpha value is -2.33. The molecular formula is C18H21N2O2+. The fourth-order valence-corrected chi connectivity index (χ4v) is 2.59. The van der Waals surface area contributed by atoms with Crippen LogP contribution in [0, 0.1) is 6.92 Å². The molecule has 0 aliphatic carbocycles. The van der Waals surface area contributed by atoms with Gasteiger partial charge in [-0.05, 0) is 31.2 Å². The number of imidazole rings is 1. The molecule has 0 aliphatic heterocycles. The van der Waals surface area contributed by atoms with Crippen LogP contribution in [0.15, 0.2) is 54.9 Å². The second kappa shape index (κ2) is 6.20. The number of aliphatic hydroxyl groups is 1. The first-order valence-corrected chi connectivity index (χ1v) is 7.44. The van der Waals surface area contributed by atoms with Gasteiger partial charge in [0.2, 0.25) is 6.33 Å². The lowest BCUT2D eigenvalue weighted by atomic mass is 10.2. The van der Waals surface area contributed by atoms with Crippen LogP contribution in [-0.2, 0) is 13.6 Å². The molecule has 0 fully saturated rings. The van der Waals surface area contributed by atoms with E-state index in [2.05, 4.69) is 21.3 Å². The third-order valence-electron chi connectivity index (χ3n) is 3.75. The van der Waals surface area contributed by atoms with E-state index in [9.17, 15) is 5.11 Å². The summed E-state index contributed by atoms with van der Waals surface area (Å²) < 4.78 is 9.76. The fourth-order valence-electron chi connectivity index (χ4n) is 2.59. The van der Waals surface area contributed by atoms with Gasteiger partial charge in [0, 0.05) is 0 Å². The molecule has 0 amide bonds. The highest BCUT2D eigenvalue weighted by Crippen LogP contribution is 2.13. The van der Waals surface area contributed by atoms with Crippen LogP contribution < -0.4 is 9.30 Å². The second-order valence-corrected chi connectivity index (χ2v) is 5.65.